The van der Waals surface area contributed by atoms with E-state index in [9.17, 15) is 8.42 Å². The summed E-state index contributed by atoms with van der Waals surface area (Å²) in [7, 11) is -4.04. The van der Waals surface area contributed by atoms with Gasteiger partial charge < -0.3 is 17.2 Å². The predicted octanol–water partition coefficient (Wildman–Crippen LogP) is 2.11. The highest BCUT2D eigenvalue weighted by Gasteiger charge is 2.37. The van der Waals surface area contributed by atoms with E-state index in [0.29, 0.717) is 6.54 Å². The molecular formula is C9H17N3O3S2. The Morgan fingerprint density at radius 3 is 2.47 bits per heavy atom. The molecule has 0 bridgehead atoms. The van der Waals surface area contributed by atoms with Crippen molar-refractivity contribution in [2.75, 3.05) is 11.4 Å². The van der Waals surface area contributed by atoms with Gasteiger partial charge in [-0.05, 0) is 19.1 Å². The minimum atomic E-state index is -4.04. The number of fused-ring (bicyclic) bond motifs is 1. The fraction of sp³-hybridized carbons (Fsp3) is 0.333. The number of hydrogen-bond acceptors (Lipinski definition) is 6. The molecule has 17 heavy (non-hydrogen) atoms. The second-order valence-electron chi connectivity index (χ2n) is 3.19. The molecule has 1 heterocycles. The quantitative estimate of drug-likeness (QED) is 0.707. The second-order valence-corrected chi connectivity index (χ2v) is 6.09. The third-order valence-electron chi connectivity index (χ3n) is 2.25. The maximum atomic E-state index is 11.2. The lowest BCUT2D eigenvalue weighted by molar-refractivity contribution is 0.478. The summed E-state index contributed by atoms with van der Waals surface area (Å²) in [5.74, 6) is 0. The molecule has 1 aliphatic heterocycles. The van der Waals surface area contributed by atoms with Crippen LogP contribution in [0.4, 0.5) is 5.69 Å². The first kappa shape index (κ1) is 16.2. The summed E-state index contributed by atoms with van der Waals surface area (Å²) in [5.41, 5.74) is 0.868. The van der Waals surface area contributed by atoms with Gasteiger partial charge in [0.2, 0.25) is 4.71 Å². The van der Waals surface area contributed by atoms with Crippen LogP contribution in [0.25, 0.3) is 0 Å². The van der Waals surface area contributed by atoms with Gasteiger partial charge in [-0.15, -0.1) is 0 Å². The van der Waals surface area contributed by atoms with Crippen molar-refractivity contribution in [2.24, 2.45) is 0 Å². The van der Waals surface area contributed by atoms with Crippen molar-refractivity contribution in [3.05, 3.63) is 24.3 Å². The smallest absolute Gasteiger partial charge is 0.296 e. The van der Waals surface area contributed by atoms with Gasteiger partial charge in [-0.3, -0.25) is 4.55 Å². The monoisotopic (exact) mass is 279 g/mol. The Morgan fingerprint density at radius 2 is 1.94 bits per heavy atom. The lowest BCUT2D eigenvalue weighted by atomic mass is 10.3. The van der Waals surface area contributed by atoms with Crippen molar-refractivity contribution < 1.29 is 13.0 Å². The summed E-state index contributed by atoms with van der Waals surface area (Å²) >= 11 is 1.16. The number of benzene rings is 1. The summed E-state index contributed by atoms with van der Waals surface area (Å²) < 4.78 is 30.5. The number of para-hydroxylation sites is 1. The van der Waals surface area contributed by atoms with E-state index in [1.807, 2.05) is 31.2 Å². The van der Waals surface area contributed by atoms with E-state index in [0.717, 1.165) is 22.3 Å². The van der Waals surface area contributed by atoms with Crippen LogP contribution in [0.5, 0.6) is 0 Å². The van der Waals surface area contributed by atoms with Crippen LogP contribution in [0.2, 0.25) is 0 Å². The minimum Gasteiger partial charge on any atom is -0.344 e. The van der Waals surface area contributed by atoms with Gasteiger partial charge in [-0.2, -0.15) is 8.42 Å². The van der Waals surface area contributed by atoms with Crippen LogP contribution in [-0.2, 0) is 10.1 Å². The van der Waals surface area contributed by atoms with Gasteiger partial charge in [0.05, 0.1) is 5.69 Å². The van der Waals surface area contributed by atoms with Crippen LogP contribution in [0.3, 0.4) is 0 Å². The Labute approximate surface area is 105 Å². The average molecular weight is 279 g/mol. The zero-order valence-corrected chi connectivity index (χ0v) is 11.2. The molecule has 1 aromatic rings. The molecule has 98 valence electrons. The number of rotatable bonds is 2. The minimum absolute atomic E-state index is 0. The predicted molar refractivity (Wildman–Crippen MR) is 70.7 cm³/mol. The van der Waals surface area contributed by atoms with Crippen molar-refractivity contribution in [3.63, 3.8) is 0 Å². The molecule has 0 amide bonds. The van der Waals surface area contributed by atoms with E-state index in [1.165, 1.54) is 0 Å². The third-order valence-corrected chi connectivity index (χ3v) is 5.09. The second kappa shape index (κ2) is 5.69. The van der Waals surface area contributed by atoms with Gasteiger partial charge in [0, 0.05) is 11.4 Å². The van der Waals surface area contributed by atoms with Gasteiger partial charge in [-0.1, -0.05) is 23.9 Å². The molecule has 1 unspecified atom stereocenters. The molecule has 0 fully saturated rings. The zero-order chi connectivity index (χ0) is 11.1. The highest BCUT2D eigenvalue weighted by molar-refractivity contribution is 8.12. The zero-order valence-electron chi connectivity index (χ0n) is 9.54. The van der Waals surface area contributed by atoms with Crippen molar-refractivity contribution in [1.82, 2.24) is 12.3 Å². The Hall–Kier alpha value is -0.800. The first-order valence-electron chi connectivity index (χ1n) is 4.52. The molecule has 0 aromatic heterocycles. The van der Waals surface area contributed by atoms with E-state index in [1.54, 1.807) is 4.90 Å². The van der Waals surface area contributed by atoms with Crippen LogP contribution in [0.1, 0.15) is 6.92 Å². The van der Waals surface area contributed by atoms with Crippen molar-refractivity contribution in [3.8, 4) is 0 Å². The third kappa shape index (κ3) is 2.90. The normalized spacial score (nSPS) is 18.0. The molecule has 6 nitrogen and oxygen atoms in total. The fourth-order valence-corrected chi connectivity index (χ4v) is 4.07. The standard InChI is InChI=1S/C9H11NO3S2.2H3N/c1-2-10-7-5-3-4-6-8(7)14-9(10)15(11,12)13;;/h3-6,9H,2H2,1H3,(H,11,12,13);2*1H3. The molecule has 1 atom stereocenters. The molecular weight excluding hydrogens is 262 g/mol. The van der Waals surface area contributed by atoms with Crippen molar-refractivity contribution in [2.45, 2.75) is 16.5 Å². The Kier molecular flexibility index (Phi) is 5.43. The molecule has 0 spiro atoms. The summed E-state index contributed by atoms with van der Waals surface area (Å²) in [6.45, 7) is 2.41. The number of thioether (sulfide) groups is 1. The van der Waals surface area contributed by atoms with Crippen LogP contribution < -0.4 is 17.2 Å². The van der Waals surface area contributed by atoms with Crippen LogP contribution in [-0.4, -0.2) is 24.2 Å². The Morgan fingerprint density at radius 1 is 1.35 bits per heavy atom. The van der Waals surface area contributed by atoms with Crippen molar-refractivity contribution in [1.29, 1.82) is 0 Å². The molecule has 0 aliphatic carbocycles. The Bertz CT molecular complexity index is 478. The average Bonchev–Trinajstić information content (AvgIpc) is 2.55. The van der Waals surface area contributed by atoms with Crippen LogP contribution in [0, 0.1) is 0 Å². The molecule has 0 saturated carbocycles. The molecule has 8 heteroatoms. The van der Waals surface area contributed by atoms with Crippen LogP contribution >= 0.6 is 11.8 Å². The van der Waals surface area contributed by atoms with E-state index in [4.69, 9.17) is 4.55 Å². The van der Waals surface area contributed by atoms with Crippen LogP contribution in [0.15, 0.2) is 29.2 Å². The summed E-state index contributed by atoms with van der Waals surface area (Å²) in [6.07, 6.45) is 0. The molecule has 1 aliphatic rings. The number of hydrogen-bond donors (Lipinski definition) is 3. The van der Waals surface area contributed by atoms with E-state index in [-0.39, 0.29) is 12.3 Å². The van der Waals surface area contributed by atoms with Gasteiger partial charge in [0.15, 0.2) is 0 Å². The molecule has 1 aromatic carbocycles. The van der Waals surface area contributed by atoms with Gasteiger partial charge in [0.1, 0.15) is 0 Å². The maximum absolute atomic E-state index is 11.2. The highest BCUT2D eigenvalue weighted by atomic mass is 32.3. The van der Waals surface area contributed by atoms with Crippen molar-refractivity contribution >= 4 is 27.6 Å². The first-order valence-corrected chi connectivity index (χ1v) is 6.91. The van der Waals surface area contributed by atoms with Gasteiger partial charge in [-0.25, -0.2) is 0 Å². The molecule has 0 saturated heterocycles. The number of anilines is 1. The number of nitrogens with zero attached hydrogens (tertiary/aromatic N) is 1. The topological polar surface area (TPSA) is 128 Å². The van der Waals surface area contributed by atoms with Gasteiger partial charge >= 0.3 is 0 Å². The summed E-state index contributed by atoms with van der Waals surface area (Å²) in [4.78, 5) is 2.57. The van der Waals surface area contributed by atoms with E-state index >= 15 is 0 Å². The molecule has 2 rings (SSSR count). The maximum Gasteiger partial charge on any atom is 0.296 e. The largest absolute Gasteiger partial charge is 0.344 e. The highest BCUT2D eigenvalue weighted by Crippen LogP contribution is 2.44. The lowest BCUT2D eigenvalue weighted by Crippen LogP contribution is -2.35. The fourth-order valence-electron chi connectivity index (χ4n) is 1.62. The van der Waals surface area contributed by atoms with E-state index < -0.39 is 14.8 Å². The molecule has 7 N–H and O–H groups in total. The Balaban J connectivity index is 0.00000128. The lowest BCUT2D eigenvalue weighted by Gasteiger charge is -2.22. The summed E-state index contributed by atoms with van der Waals surface area (Å²) in [5, 5.41) is 0. The summed E-state index contributed by atoms with van der Waals surface area (Å²) in [6, 6.07) is 7.42. The SMILES string of the molecule is CCN1c2ccccc2SC1S(=O)(=O)O.N.N. The molecule has 0 radical (unpaired) electrons. The first-order chi connectivity index (χ1) is 7.04. The van der Waals surface area contributed by atoms with Gasteiger partial charge in [0.25, 0.3) is 10.1 Å². The van der Waals surface area contributed by atoms with E-state index in [2.05, 4.69) is 0 Å².